The van der Waals surface area contributed by atoms with E-state index in [-0.39, 0.29) is 11.8 Å². The van der Waals surface area contributed by atoms with Crippen molar-refractivity contribution >= 4 is 39.7 Å². The maximum Gasteiger partial charge on any atom is 0.420 e. The van der Waals surface area contributed by atoms with E-state index in [1.807, 2.05) is 53.2 Å². The van der Waals surface area contributed by atoms with Gasteiger partial charge in [0.05, 0.1) is 5.52 Å². The number of oxazole rings is 1. The van der Waals surface area contributed by atoms with Gasteiger partial charge in [0.2, 0.25) is 5.91 Å². The lowest BCUT2D eigenvalue weighted by Gasteiger charge is -2.14. The molecule has 7 heteroatoms. The van der Waals surface area contributed by atoms with Crippen LogP contribution in [0.15, 0.2) is 68.5 Å². The van der Waals surface area contributed by atoms with Crippen molar-refractivity contribution in [1.29, 1.82) is 0 Å². The Kier molecular flexibility index (Phi) is 4.73. The van der Waals surface area contributed by atoms with E-state index in [2.05, 4.69) is 5.32 Å². The summed E-state index contributed by atoms with van der Waals surface area (Å²) in [5, 5.41) is 6.91. The van der Waals surface area contributed by atoms with Gasteiger partial charge in [-0.3, -0.25) is 9.36 Å². The topological polar surface area (TPSA) is 64.2 Å². The molecule has 3 heterocycles. The third-order valence-electron chi connectivity index (χ3n) is 4.13. The molecule has 0 aliphatic heterocycles. The molecular weight excluding hydrogens is 368 g/mol. The Labute approximate surface area is 157 Å². The third-order valence-corrected chi connectivity index (χ3v) is 6.00. The maximum absolute atomic E-state index is 12.8. The van der Waals surface area contributed by atoms with Gasteiger partial charge in [-0.05, 0) is 35.0 Å². The summed E-state index contributed by atoms with van der Waals surface area (Å²) in [7, 11) is 0. The standard InChI is InChI=1S/C19H16N2O3S2/c22-18(17(15-7-3-11-25-15)16-8-4-12-26-16)20-9-10-21-13-5-1-2-6-14(13)24-19(21)23/h1-8,11-12,17H,9-10H2,(H,20,22). The van der Waals surface area contributed by atoms with Crippen molar-refractivity contribution in [3.63, 3.8) is 0 Å². The Morgan fingerprint density at radius 3 is 2.38 bits per heavy atom. The Balaban J connectivity index is 1.49. The molecule has 26 heavy (non-hydrogen) atoms. The van der Waals surface area contributed by atoms with Gasteiger partial charge in [0, 0.05) is 22.8 Å². The van der Waals surface area contributed by atoms with Crippen LogP contribution in [-0.2, 0) is 11.3 Å². The highest BCUT2D eigenvalue weighted by Gasteiger charge is 2.24. The van der Waals surface area contributed by atoms with Gasteiger partial charge in [-0.15, -0.1) is 22.7 Å². The molecule has 1 N–H and O–H groups in total. The smallest absolute Gasteiger partial charge is 0.408 e. The fourth-order valence-corrected chi connectivity index (χ4v) is 4.69. The van der Waals surface area contributed by atoms with E-state index >= 15 is 0 Å². The van der Waals surface area contributed by atoms with Crippen molar-refractivity contribution in [1.82, 2.24) is 9.88 Å². The van der Waals surface area contributed by atoms with E-state index in [0.29, 0.717) is 18.7 Å². The van der Waals surface area contributed by atoms with Crippen LogP contribution in [0.1, 0.15) is 15.7 Å². The molecule has 1 aromatic carbocycles. The molecule has 3 aromatic heterocycles. The number of carbonyl (C=O) groups is 1. The summed E-state index contributed by atoms with van der Waals surface area (Å²) >= 11 is 3.14. The second-order valence-electron chi connectivity index (χ2n) is 5.74. The summed E-state index contributed by atoms with van der Waals surface area (Å²) in [6, 6.07) is 15.1. The fraction of sp³-hybridized carbons (Fsp3) is 0.158. The van der Waals surface area contributed by atoms with Crippen LogP contribution in [0, 0.1) is 0 Å². The normalized spacial score (nSPS) is 11.3. The summed E-state index contributed by atoms with van der Waals surface area (Å²) in [6.45, 7) is 0.721. The second-order valence-corrected chi connectivity index (χ2v) is 7.70. The number of amides is 1. The van der Waals surface area contributed by atoms with Gasteiger partial charge in [0.15, 0.2) is 5.58 Å². The summed E-state index contributed by atoms with van der Waals surface area (Å²) < 4.78 is 6.76. The number of hydrogen-bond donors (Lipinski definition) is 1. The quantitative estimate of drug-likeness (QED) is 0.552. The molecule has 0 radical (unpaired) electrons. The lowest BCUT2D eigenvalue weighted by Crippen LogP contribution is -2.33. The van der Waals surface area contributed by atoms with E-state index in [9.17, 15) is 9.59 Å². The van der Waals surface area contributed by atoms with Crippen LogP contribution in [0.4, 0.5) is 0 Å². The van der Waals surface area contributed by atoms with E-state index in [1.165, 1.54) is 0 Å². The number of aromatic nitrogens is 1. The monoisotopic (exact) mass is 384 g/mol. The molecule has 0 fully saturated rings. The SMILES string of the molecule is O=C(NCCn1c(=O)oc2ccccc21)C(c1cccs1)c1cccs1. The van der Waals surface area contributed by atoms with Crippen LogP contribution in [0.25, 0.3) is 11.1 Å². The van der Waals surface area contributed by atoms with Crippen LogP contribution in [-0.4, -0.2) is 17.0 Å². The molecular formula is C19H16N2O3S2. The first-order valence-electron chi connectivity index (χ1n) is 8.17. The summed E-state index contributed by atoms with van der Waals surface area (Å²) in [4.78, 5) is 26.8. The van der Waals surface area contributed by atoms with Crippen LogP contribution < -0.4 is 11.1 Å². The molecule has 4 rings (SSSR count). The maximum atomic E-state index is 12.8. The van der Waals surface area contributed by atoms with Gasteiger partial charge in [0.25, 0.3) is 0 Å². The van der Waals surface area contributed by atoms with Crippen molar-refractivity contribution in [2.45, 2.75) is 12.5 Å². The van der Waals surface area contributed by atoms with E-state index in [1.54, 1.807) is 33.3 Å². The van der Waals surface area contributed by atoms with Crippen molar-refractivity contribution in [2.75, 3.05) is 6.54 Å². The molecule has 4 aromatic rings. The zero-order valence-corrected chi connectivity index (χ0v) is 15.4. The highest BCUT2D eigenvalue weighted by Crippen LogP contribution is 2.31. The van der Waals surface area contributed by atoms with Gasteiger partial charge in [-0.2, -0.15) is 0 Å². The Morgan fingerprint density at radius 1 is 1.04 bits per heavy atom. The van der Waals surface area contributed by atoms with Crippen LogP contribution in [0.3, 0.4) is 0 Å². The van der Waals surface area contributed by atoms with E-state index in [0.717, 1.165) is 15.3 Å². The number of fused-ring (bicyclic) bond motifs is 1. The lowest BCUT2D eigenvalue weighted by molar-refractivity contribution is -0.121. The number of carbonyl (C=O) groups excluding carboxylic acids is 1. The molecule has 0 spiro atoms. The average molecular weight is 384 g/mol. The number of para-hydroxylation sites is 2. The van der Waals surface area contributed by atoms with Crippen LogP contribution in [0.5, 0.6) is 0 Å². The van der Waals surface area contributed by atoms with Crippen molar-refractivity contribution < 1.29 is 9.21 Å². The van der Waals surface area contributed by atoms with Gasteiger partial charge in [0.1, 0.15) is 5.92 Å². The predicted molar refractivity (Wildman–Crippen MR) is 104 cm³/mol. The van der Waals surface area contributed by atoms with E-state index < -0.39 is 5.76 Å². The minimum absolute atomic E-state index is 0.0595. The minimum atomic E-state index is -0.409. The van der Waals surface area contributed by atoms with Gasteiger partial charge < -0.3 is 9.73 Å². The molecule has 0 unspecified atom stereocenters. The second kappa shape index (κ2) is 7.31. The number of rotatable bonds is 6. The molecule has 0 bridgehead atoms. The Morgan fingerprint density at radius 2 is 1.73 bits per heavy atom. The molecule has 0 atom stereocenters. The largest absolute Gasteiger partial charge is 0.420 e. The van der Waals surface area contributed by atoms with Crippen molar-refractivity contribution in [3.05, 3.63) is 79.6 Å². The minimum Gasteiger partial charge on any atom is -0.408 e. The van der Waals surface area contributed by atoms with Crippen molar-refractivity contribution in [2.24, 2.45) is 0 Å². The molecule has 0 saturated heterocycles. The first kappa shape index (κ1) is 16.8. The van der Waals surface area contributed by atoms with Gasteiger partial charge >= 0.3 is 5.76 Å². The number of hydrogen-bond acceptors (Lipinski definition) is 5. The number of nitrogens with zero attached hydrogens (tertiary/aromatic N) is 1. The zero-order chi connectivity index (χ0) is 17.9. The first-order chi connectivity index (χ1) is 12.7. The van der Waals surface area contributed by atoms with Gasteiger partial charge in [-0.1, -0.05) is 24.3 Å². The lowest BCUT2D eigenvalue weighted by atomic mass is 10.0. The first-order valence-corrected chi connectivity index (χ1v) is 9.93. The zero-order valence-electron chi connectivity index (χ0n) is 13.8. The fourth-order valence-electron chi connectivity index (χ4n) is 2.93. The molecule has 5 nitrogen and oxygen atoms in total. The molecule has 132 valence electrons. The summed E-state index contributed by atoms with van der Waals surface area (Å²) in [5.41, 5.74) is 1.29. The molecule has 0 aliphatic rings. The molecule has 0 saturated carbocycles. The summed E-state index contributed by atoms with van der Waals surface area (Å²) in [5.74, 6) is -0.780. The van der Waals surface area contributed by atoms with Crippen molar-refractivity contribution in [3.8, 4) is 0 Å². The van der Waals surface area contributed by atoms with E-state index in [4.69, 9.17) is 4.42 Å². The molecule has 0 aliphatic carbocycles. The third kappa shape index (κ3) is 3.23. The summed E-state index contributed by atoms with van der Waals surface area (Å²) in [6.07, 6.45) is 0. The predicted octanol–water partition coefficient (Wildman–Crippen LogP) is 3.67. The average Bonchev–Trinajstić information content (AvgIpc) is 3.38. The van der Waals surface area contributed by atoms with Crippen LogP contribution in [0.2, 0.25) is 0 Å². The highest BCUT2D eigenvalue weighted by molar-refractivity contribution is 7.11. The number of benzene rings is 1. The number of thiophene rings is 2. The Hall–Kier alpha value is -2.64. The molecule has 1 amide bonds. The van der Waals surface area contributed by atoms with Crippen LogP contribution >= 0.6 is 22.7 Å². The highest BCUT2D eigenvalue weighted by atomic mass is 32.1. The number of nitrogens with one attached hydrogen (secondary N) is 1. The van der Waals surface area contributed by atoms with Gasteiger partial charge in [-0.25, -0.2) is 4.79 Å². The Bertz CT molecular complexity index is 1030.